The molecule has 0 unspecified atom stereocenters. The highest BCUT2D eigenvalue weighted by atomic mass is 16.4. The van der Waals surface area contributed by atoms with Crippen LogP contribution in [0.5, 0.6) is 0 Å². The van der Waals surface area contributed by atoms with E-state index in [1.54, 1.807) is 11.6 Å². The first-order valence-corrected chi connectivity index (χ1v) is 9.01. The van der Waals surface area contributed by atoms with E-state index in [4.69, 9.17) is 0 Å². The molecule has 4 rings (SSSR count). The van der Waals surface area contributed by atoms with Crippen molar-refractivity contribution in [1.29, 1.82) is 0 Å². The smallest absolute Gasteiger partial charge is 0.339 e. The molecule has 1 aliphatic heterocycles. The first-order valence-electron chi connectivity index (χ1n) is 9.01. The van der Waals surface area contributed by atoms with E-state index >= 15 is 0 Å². The number of carboxylic acid groups (broad SMARTS) is 1. The van der Waals surface area contributed by atoms with Crippen LogP contribution in [0.15, 0.2) is 30.5 Å². The van der Waals surface area contributed by atoms with Crippen LogP contribution in [0, 0.1) is 6.92 Å². The summed E-state index contributed by atoms with van der Waals surface area (Å²) in [6.07, 6.45) is 3.22. The number of nitrogens with one attached hydrogen (secondary N) is 1. The molecule has 1 fully saturated rings. The Kier molecular flexibility index (Phi) is 4.39. The van der Waals surface area contributed by atoms with Crippen LogP contribution in [-0.4, -0.2) is 55.0 Å². The predicted molar refractivity (Wildman–Crippen MR) is 98.6 cm³/mol. The molecule has 1 aliphatic rings. The largest absolute Gasteiger partial charge is 0.478 e. The number of likely N-dealkylation sites (tertiary alicyclic amines) is 1. The van der Waals surface area contributed by atoms with Gasteiger partial charge in [-0.2, -0.15) is 10.2 Å². The van der Waals surface area contributed by atoms with E-state index in [0.717, 1.165) is 29.4 Å². The first-order chi connectivity index (χ1) is 13.0. The highest BCUT2D eigenvalue weighted by Crippen LogP contribution is 2.25. The van der Waals surface area contributed by atoms with Gasteiger partial charge in [-0.25, -0.2) is 4.79 Å². The fourth-order valence-corrected chi connectivity index (χ4v) is 3.77. The second kappa shape index (κ2) is 6.86. The number of nitrogens with zero attached hydrogens (tertiary/aromatic N) is 4. The minimum Gasteiger partial charge on any atom is -0.478 e. The minimum atomic E-state index is -0.960. The van der Waals surface area contributed by atoms with Gasteiger partial charge in [0, 0.05) is 18.5 Å². The molecular weight excluding hydrogens is 346 g/mol. The average molecular weight is 367 g/mol. The van der Waals surface area contributed by atoms with Crippen LogP contribution in [0.25, 0.3) is 10.9 Å². The van der Waals surface area contributed by atoms with Gasteiger partial charge in [-0.1, -0.05) is 18.2 Å². The van der Waals surface area contributed by atoms with E-state index < -0.39 is 5.97 Å². The van der Waals surface area contributed by atoms with Crippen LogP contribution in [0.1, 0.15) is 40.6 Å². The number of carbonyl (C=O) groups excluding carboxylic acids is 1. The van der Waals surface area contributed by atoms with E-state index in [0.29, 0.717) is 25.2 Å². The fraction of sp³-hybridized carbons (Fsp3) is 0.368. The fourth-order valence-electron chi connectivity index (χ4n) is 3.77. The first kappa shape index (κ1) is 17.3. The molecule has 0 radical (unpaired) electrons. The van der Waals surface area contributed by atoms with Crippen molar-refractivity contribution in [2.45, 2.75) is 32.2 Å². The molecule has 0 spiro atoms. The van der Waals surface area contributed by atoms with Crippen LogP contribution in [-0.2, 0) is 11.2 Å². The zero-order chi connectivity index (χ0) is 19.0. The SMILES string of the molecule is Cc1c(C(=O)O)cnn1C1CCN(C(=O)Cc2[nH]nc3ccccc23)CC1. The van der Waals surface area contributed by atoms with Gasteiger partial charge >= 0.3 is 5.97 Å². The Balaban J connectivity index is 1.40. The number of piperidine rings is 1. The van der Waals surface area contributed by atoms with Gasteiger partial charge in [0.15, 0.2) is 0 Å². The molecule has 0 aliphatic carbocycles. The molecule has 0 saturated carbocycles. The van der Waals surface area contributed by atoms with Crippen molar-refractivity contribution in [2.24, 2.45) is 0 Å². The number of carbonyl (C=O) groups is 2. The molecule has 0 bridgehead atoms. The van der Waals surface area contributed by atoms with Gasteiger partial charge in [0.1, 0.15) is 5.56 Å². The molecule has 27 heavy (non-hydrogen) atoms. The van der Waals surface area contributed by atoms with Gasteiger partial charge in [-0.3, -0.25) is 14.6 Å². The third-order valence-electron chi connectivity index (χ3n) is 5.31. The number of aromatic nitrogens is 4. The molecule has 8 heteroatoms. The number of para-hydroxylation sites is 1. The van der Waals surface area contributed by atoms with Gasteiger partial charge < -0.3 is 10.0 Å². The predicted octanol–water partition coefficient (Wildman–Crippen LogP) is 2.17. The van der Waals surface area contributed by atoms with Crippen LogP contribution in [0.4, 0.5) is 0 Å². The third kappa shape index (κ3) is 3.18. The summed E-state index contributed by atoms with van der Waals surface area (Å²) in [4.78, 5) is 25.7. The Morgan fingerprint density at radius 2 is 2.00 bits per heavy atom. The summed E-state index contributed by atoms with van der Waals surface area (Å²) in [6, 6.07) is 7.87. The van der Waals surface area contributed by atoms with E-state index in [9.17, 15) is 14.7 Å². The maximum absolute atomic E-state index is 12.7. The molecule has 1 saturated heterocycles. The van der Waals surface area contributed by atoms with E-state index in [1.807, 2.05) is 29.2 Å². The lowest BCUT2D eigenvalue weighted by Gasteiger charge is -2.32. The summed E-state index contributed by atoms with van der Waals surface area (Å²) in [5, 5.41) is 21.6. The maximum Gasteiger partial charge on any atom is 0.339 e. The number of fused-ring (bicyclic) bond motifs is 1. The molecule has 140 valence electrons. The van der Waals surface area contributed by atoms with Crippen molar-refractivity contribution < 1.29 is 14.7 Å². The number of H-pyrrole nitrogens is 1. The zero-order valence-corrected chi connectivity index (χ0v) is 15.1. The normalized spacial score (nSPS) is 15.4. The Bertz CT molecular complexity index is 998. The highest BCUT2D eigenvalue weighted by Gasteiger charge is 2.27. The Labute approximate surface area is 155 Å². The maximum atomic E-state index is 12.7. The number of benzene rings is 1. The highest BCUT2D eigenvalue weighted by molar-refractivity contribution is 5.88. The lowest BCUT2D eigenvalue weighted by Crippen LogP contribution is -2.40. The third-order valence-corrected chi connectivity index (χ3v) is 5.31. The number of carboxylic acids is 1. The van der Waals surface area contributed by atoms with Crippen molar-refractivity contribution in [2.75, 3.05) is 13.1 Å². The van der Waals surface area contributed by atoms with Crippen molar-refractivity contribution in [3.05, 3.63) is 47.4 Å². The quantitative estimate of drug-likeness (QED) is 0.735. The Morgan fingerprint density at radius 1 is 1.26 bits per heavy atom. The molecule has 3 heterocycles. The van der Waals surface area contributed by atoms with Gasteiger partial charge in [-0.15, -0.1) is 0 Å². The molecule has 1 aromatic carbocycles. The summed E-state index contributed by atoms with van der Waals surface area (Å²) in [7, 11) is 0. The monoisotopic (exact) mass is 367 g/mol. The van der Waals surface area contributed by atoms with Crippen LogP contribution >= 0.6 is 0 Å². The van der Waals surface area contributed by atoms with Gasteiger partial charge in [0.2, 0.25) is 5.91 Å². The van der Waals surface area contributed by atoms with E-state index in [1.165, 1.54) is 6.20 Å². The minimum absolute atomic E-state index is 0.0752. The lowest BCUT2D eigenvalue weighted by molar-refractivity contribution is -0.131. The number of aromatic amines is 1. The topological polar surface area (TPSA) is 104 Å². The number of hydrogen-bond acceptors (Lipinski definition) is 4. The zero-order valence-electron chi connectivity index (χ0n) is 15.1. The second-order valence-corrected chi connectivity index (χ2v) is 6.90. The standard InChI is InChI=1S/C19H21N5O3/c1-12-15(19(26)27)11-20-24(12)13-6-8-23(9-7-13)18(25)10-17-14-4-2-3-5-16(14)21-22-17/h2-5,11,13H,6-10H2,1H3,(H,21,22)(H,26,27). The van der Waals surface area contributed by atoms with Gasteiger partial charge in [0.25, 0.3) is 0 Å². The number of aromatic carboxylic acids is 1. The number of amides is 1. The van der Waals surface area contributed by atoms with Crippen molar-refractivity contribution >= 4 is 22.8 Å². The number of rotatable bonds is 4. The molecule has 3 aromatic rings. The summed E-state index contributed by atoms with van der Waals surface area (Å²) < 4.78 is 1.79. The molecule has 8 nitrogen and oxygen atoms in total. The second-order valence-electron chi connectivity index (χ2n) is 6.90. The Morgan fingerprint density at radius 3 is 2.70 bits per heavy atom. The average Bonchev–Trinajstić information content (AvgIpc) is 3.26. The summed E-state index contributed by atoms with van der Waals surface area (Å²) in [5.41, 5.74) is 2.60. The lowest BCUT2D eigenvalue weighted by atomic mass is 10.0. The number of hydrogen-bond donors (Lipinski definition) is 2. The van der Waals surface area contributed by atoms with Crippen LogP contribution in [0.2, 0.25) is 0 Å². The molecule has 2 aromatic heterocycles. The molecule has 2 N–H and O–H groups in total. The van der Waals surface area contributed by atoms with Crippen molar-refractivity contribution in [3.63, 3.8) is 0 Å². The van der Waals surface area contributed by atoms with Gasteiger partial charge in [0.05, 0.1) is 35.6 Å². The molecule has 1 amide bonds. The molecular formula is C19H21N5O3. The summed E-state index contributed by atoms with van der Waals surface area (Å²) in [6.45, 7) is 3.05. The Hall–Kier alpha value is -3.16. The van der Waals surface area contributed by atoms with Crippen molar-refractivity contribution in [1.82, 2.24) is 24.9 Å². The molecule has 0 atom stereocenters. The van der Waals surface area contributed by atoms with E-state index in [-0.39, 0.29) is 17.5 Å². The van der Waals surface area contributed by atoms with E-state index in [2.05, 4.69) is 15.3 Å². The van der Waals surface area contributed by atoms with Crippen LogP contribution < -0.4 is 0 Å². The van der Waals surface area contributed by atoms with Crippen molar-refractivity contribution in [3.8, 4) is 0 Å². The van der Waals surface area contributed by atoms with Crippen LogP contribution in [0.3, 0.4) is 0 Å². The summed E-state index contributed by atoms with van der Waals surface area (Å²) >= 11 is 0. The van der Waals surface area contributed by atoms with Gasteiger partial charge in [-0.05, 0) is 25.8 Å². The summed E-state index contributed by atoms with van der Waals surface area (Å²) in [5.74, 6) is -0.885.